The number of H-pyrrole nitrogens is 2. The number of rotatable bonds is 5. The molecule has 190 valence electrons. The second kappa shape index (κ2) is 8.85. The van der Waals surface area contributed by atoms with E-state index < -0.39 is 5.97 Å². The molecule has 1 atom stereocenters. The van der Waals surface area contributed by atoms with Gasteiger partial charge in [-0.1, -0.05) is 36.4 Å². The molecule has 8 rings (SSSR count). The van der Waals surface area contributed by atoms with E-state index in [1.807, 2.05) is 48.5 Å². The number of aromatic nitrogens is 3. The minimum Gasteiger partial charge on any atom is -0.478 e. The summed E-state index contributed by atoms with van der Waals surface area (Å²) >= 11 is 0. The predicted molar refractivity (Wildman–Crippen MR) is 149 cm³/mol. The van der Waals surface area contributed by atoms with Crippen molar-refractivity contribution in [3.8, 4) is 22.5 Å². The first kappa shape index (κ1) is 22.7. The van der Waals surface area contributed by atoms with Crippen LogP contribution in [0.5, 0.6) is 0 Å². The fraction of sp³-hybridized carbons (Fsp3) is 0.233. The smallest absolute Gasteiger partial charge is 0.335 e. The molecular formula is C30H27N5O3. The Morgan fingerprint density at radius 1 is 0.947 bits per heavy atom. The lowest BCUT2D eigenvalue weighted by Crippen LogP contribution is -2.53. The van der Waals surface area contributed by atoms with Gasteiger partial charge in [-0.25, -0.2) is 9.78 Å². The van der Waals surface area contributed by atoms with E-state index in [1.54, 1.807) is 18.2 Å². The quantitative estimate of drug-likeness (QED) is 0.269. The van der Waals surface area contributed by atoms with Crippen LogP contribution in [0, 0.1) is 5.92 Å². The lowest BCUT2D eigenvalue weighted by Gasteiger charge is -2.45. The number of nitrogens with one attached hydrogen (secondary N) is 3. The summed E-state index contributed by atoms with van der Waals surface area (Å²) in [5.41, 5.74) is 5.28. The van der Waals surface area contributed by atoms with E-state index in [0.717, 1.165) is 65.7 Å². The van der Waals surface area contributed by atoms with Crippen LogP contribution in [0.3, 0.4) is 0 Å². The maximum absolute atomic E-state index is 13.7. The number of benzene rings is 3. The number of fused-ring (bicyclic) bond motifs is 5. The van der Waals surface area contributed by atoms with Gasteiger partial charge in [-0.15, -0.1) is 0 Å². The third-order valence-electron chi connectivity index (χ3n) is 8.07. The van der Waals surface area contributed by atoms with E-state index in [0.29, 0.717) is 22.8 Å². The van der Waals surface area contributed by atoms with Crippen LogP contribution in [0.1, 0.15) is 23.2 Å². The van der Waals surface area contributed by atoms with Crippen LogP contribution in [0.25, 0.3) is 44.5 Å². The summed E-state index contributed by atoms with van der Waals surface area (Å²) in [5, 5.41) is 14.1. The Morgan fingerprint density at radius 2 is 1.76 bits per heavy atom. The van der Waals surface area contributed by atoms with Crippen molar-refractivity contribution in [2.75, 3.05) is 25.0 Å². The van der Waals surface area contributed by atoms with E-state index in [1.165, 1.54) is 0 Å². The molecule has 5 heterocycles. The third kappa shape index (κ3) is 3.85. The molecule has 0 aliphatic carbocycles. The second-order valence-corrected chi connectivity index (χ2v) is 10.3. The molecule has 0 amide bonds. The molecule has 5 aromatic rings. The van der Waals surface area contributed by atoms with Gasteiger partial charge in [0.1, 0.15) is 11.4 Å². The number of hydrogen-bond donors (Lipinski definition) is 4. The van der Waals surface area contributed by atoms with Gasteiger partial charge in [0.2, 0.25) is 0 Å². The van der Waals surface area contributed by atoms with Gasteiger partial charge in [-0.05, 0) is 73.3 Å². The summed E-state index contributed by atoms with van der Waals surface area (Å²) in [5.74, 6) is 0.132. The highest BCUT2D eigenvalue weighted by molar-refractivity contribution is 6.01. The molecule has 0 saturated carbocycles. The highest BCUT2D eigenvalue weighted by Crippen LogP contribution is 2.37. The molecule has 38 heavy (non-hydrogen) atoms. The number of carboxylic acids is 1. The van der Waals surface area contributed by atoms with E-state index in [-0.39, 0.29) is 17.2 Å². The molecule has 3 saturated heterocycles. The lowest BCUT2D eigenvalue weighted by molar-refractivity contribution is 0.0697. The molecule has 0 spiro atoms. The average molecular weight is 506 g/mol. The number of hydrogen-bond acceptors (Lipinski definition) is 5. The van der Waals surface area contributed by atoms with Crippen LogP contribution in [-0.2, 0) is 0 Å². The third-order valence-corrected chi connectivity index (χ3v) is 8.07. The van der Waals surface area contributed by atoms with Crippen molar-refractivity contribution in [3.05, 3.63) is 82.6 Å². The number of para-hydroxylation sites is 2. The Kier molecular flexibility index (Phi) is 5.30. The molecule has 3 aliphatic heterocycles. The number of aromatic carboxylic acids is 1. The van der Waals surface area contributed by atoms with Crippen LogP contribution < -0.4 is 10.9 Å². The number of pyridine rings is 1. The van der Waals surface area contributed by atoms with E-state index in [2.05, 4.69) is 20.2 Å². The summed E-state index contributed by atoms with van der Waals surface area (Å²) in [4.78, 5) is 38.9. The number of carbonyl (C=O) groups is 1. The van der Waals surface area contributed by atoms with Crippen molar-refractivity contribution >= 4 is 33.6 Å². The lowest BCUT2D eigenvalue weighted by atomic mass is 9.83. The highest BCUT2D eigenvalue weighted by Gasteiger charge is 2.35. The zero-order chi connectivity index (χ0) is 25.8. The van der Waals surface area contributed by atoms with Crippen molar-refractivity contribution in [3.63, 3.8) is 0 Å². The van der Waals surface area contributed by atoms with Gasteiger partial charge in [0.05, 0.1) is 27.8 Å². The van der Waals surface area contributed by atoms with Gasteiger partial charge >= 0.3 is 5.97 Å². The fourth-order valence-electron chi connectivity index (χ4n) is 6.07. The molecule has 8 heteroatoms. The normalized spacial score (nSPS) is 20.7. The highest BCUT2D eigenvalue weighted by atomic mass is 16.4. The number of anilines is 1. The van der Waals surface area contributed by atoms with Gasteiger partial charge in [-0.3, -0.25) is 4.79 Å². The maximum atomic E-state index is 13.7. The van der Waals surface area contributed by atoms with Crippen LogP contribution in [0.4, 0.5) is 5.69 Å². The molecule has 3 fully saturated rings. The maximum Gasteiger partial charge on any atom is 0.335 e. The van der Waals surface area contributed by atoms with Crippen LogP contribution in [0.15, 0.2) is 71.5 Å². The molecular weight excluding hydrogens is 478 g/mol. The van der Waals surface area contributed by atoms with Crippen LogP contribution in [-0.4, -0.2) is 56.6 Å². The van der Waals surface area contributed by atoms with E-state index >= 15 is 0 Å². The molecule has 2 aromatic heterocycles. The molecule has 0 radical (unpaired) electrons. The van der Waals surface area contributed by atoms with Crippen molar-refractivity contribution < 1.29 is 9.90 Å². The summed E-state index contributed by atoms with van der Waals surface area (Å²) < 4.78 is 0. The largest absolute Gasteiger partial charge is 0.478 e. The van der Waals surface area contributed by atoms with Gasteiger partial charge in [0, 0.05) is 18.0 Å². The van der Waals surface area contributed by atoms with Gasteiger partial charge in [0.25, 0.3) is 5.56 Å². The standard InChI is InChI=1S/C30H27N5O3/c36-29-26(28-32-22-6-1-2-7-23(22)33-28)27(31-25-16-35-12-10-17(25)11-13-35)21-9-8-19(15-24(21)34-29)18-4-3-5-20(14-18)30(37)38/h1-9,14-15,17,25H,10-13,16H2,(H,32,33)(H,37,38)(H2,31,34,36)/t25-/m1/s1. The molecule has 8 nitrogen and oxygen atoms in total. The summed E-state index contributed by atoms with van der Waals surface area (Å²) in [7, 11) is 0. The van der Waals surface area contributed by atoms with Crippen molar-refractivity contribution in [1.82, 2.24) is 19.9 Å². The topological polar surface area (TPSA) is 114 Å². The van der Waals surface area contributed by atoms with Gasteiger partial charge < -0.3 is 25.3 Å². The van der Waals surface area contributed by atoms with Gasteiger partial charge in [0.15, 0.2) is 0 Å². The van der Waals surface area contributed by atoms with Crippen molar-refractivity contribution in [1.29, 1.82) is 0 Å². The van der Waals surface area contributed by atoms with Crippen molar-refractivity contribution in [2.24, 2.45) is 5.92 Å². The minimum atomic E-state index is -0.972. The SMILES string of the molecule is O=C(O)c1cccc(-c2ccc3c(N[C@@H]4CN5CCC4CC5)c(-c4nc5ccccc5[nH]4)c(=O)[nH]c3c2)c1. The first-order valence-electron chi connectivity index (χ1n) is 13.0. The summed E-state index contributed by atoms with van der Waals surface area (Å²) in [6.45, 7) is 3.22. The van der Waals surface area contributed by atoms with Crippen LogP contribution in [0.2, 0.25) is 0 Å². The summed E-state index contributed by atoms with van der Waals surface area (Å²) in [6.07, 6.45) is 2.31. The Bertz CT molecular complexity index is 1730. The molecule has 4 N–H and O–H groups in total. The van der Waals surface area contributed by atoms with Crippen molar-refractivity contribution in [2.45, 2.75) is 18.9 Å². The number of nitrogens with zero attached hydrogens (tertiary/aromatic N) is 2. The monoisotopic (exact) mass is 505 g/mol. The second-order valence-electron chi connectivity index (χ2n) is 10.3. The van der Waals surface area contributed by atoms with E-state index in [4.69, 9.17) is 4.98 Å². The molecule has 2 bridgehead atoms. The Morgan fingerprint density at radius 3 is 2.53 bits per heavy atom. The minimum absolute atomic E-state index is 0.223. The number of piperidine rings is 3. The zero-order valence-electron chi connectivity index (χ0n) is 20.7. The van der Waals surface area contributed by atoms with Crippen LogP contribution >= 0.6 is 0 Å². The average Bonchev–Trinajstić information content (AvgIpc) is 3.37. The molecule has 3 aliphatic rings. The number of aromatic amines is 2. The predicted octanol–water partition coefficient (Wildman–Crippen LogP) is 4.94. The fourth-order valence-corrected chi connectivity index (χ4v) is 6.07. The molecule has 3 aromatic carbocycles. The van der Waals surface area contributed by atoms with E-state index in [9.17, 15) is 14.7 Å². The molecule has 0 unspecified atom stereocenters. The number of carboxylic acid groups (broad SMARTS) is 1. The Balaban J connectivity index is 1.40. The first-order valence-corrected chi connectivity index (χ1v) is 13.0. The Labute approximate surface area is 218 Å². The first-order chi connectivity index (χ1) is 18.5. The summed E-state index contributed by atoms with van der Waals surface area (Å²) in [6, 6.07) is 20.8. The Hall–Kier alpha value is -4.43. The van der Waals surface area contributed by atoms with Gasteiger partial charge in [-0.2, -0.15) is 0 Å². The number of imidazole rings is 1. The zero-order valence-corrected chi connectivity index (χ0v) is 20.7.